The second kappa shape index (κ2) is 6.41. The molecular weight excluding hydrogens is 362 g/mol. The number of para-hydroxylation sites is 1. The average Bonchev–Trinajstić information content (AvgIpc) is 3.24. The summed E-state index contributed by atoms with van der Waals surface area (Å²) in [7, 11) is 0. The third-order valence-electron chi connectivity index (χ3n) is 6.52. The van der Waals surface area contributed by atoms with Crippen molar-refractivity contribution in [1.29, 1.82) is 0 Å². The highest BCUT2D eigenvalue weighted by Gasteiger charge is 2.74. The molecule has 28 heavy (non-hydrogen) atoms. The predicted octanol–water partition coefficient (Wildman–Crippen LogP) is -1.29. The molecule has 8 nitrogen and oxygen atoms in total. The smallest absolute Gasteiger partial charge is 0.291 e. The number of benzene rings is 1. The molecule has 8 heteroatoms. The van der Waals surface area contributed by atoms with Crippen LogP contribution in [0, 0.1) is 11.8 Å². The number of quaternary nitrogens is 1. The highest BCUT2D eigenvalue weighted by atomic mass is 16.4. The van der Waals surface area contributed by atoms with E-state index in [4.69, 9.17) is 0 Å². The second-order valence-corrected chi connectivity index (χ2v) is 7.92. The van der Waals surface area contributed by atoms with Crippen LogP contribution >= 0.6 is 0 Å². The molecule has 2 fully saturated rings. The van der Waals surface area contributed by atoms with Gasteiger partial charge in [-0.05, 0) is 25.8 Å². The molecule has 3 aliphatic rings. The molecule has 0 unspecified atom stereocenters. The molecular formula is C20H23N3O5. The highest BCUT2D eigenvalue weighted by Crippen LogP contribution is 2.49. The van der Waals surface area contributed by atoms with Gasteiger partial charge in [0.15, 0.2) is 0 Å². The number of hydrogen-bond acceptors (Lipinski definition) is 5. The summed E-state index contributed by atoms with van der Waals surface area (Å²) in [4.78, 5) is 52.0. The maximum Gasteiger partial charge on any atom is 0.291 e. The van der Waals surface area contributed by atoms with Gasteiger partial charge in [0.25, 0.3) is 5.91 Å². The number of carbonyl (C=O) groups is 4. The van der Waals surface area contributed by atoms with Gasteiger partial charge >= 0.3 is 0 Å². The molecule has 0 bridgehead atoms. The number of nitrogens with zero attached hydrogens (tertiary/aromatic N) is 1. The summed E-state index contributed by atoms with van der Waals surface area (Å²) in [6.45, 7) is 3.71. The van der Waals surface area contributed by atoms with E-state index in [9.17, 15) is 24.3 Å². The lowest BCUT2D eigenvalue weighted by Gasteiger charge is -2.28. The molecule has 1 aromatic rings. The Morgan fingerprint density at radius 2 is 2.00 bits per heavy atom. The number of carboxylic acid groups (broad SMARTS) is 1. The van der Waals surface area contributed by atoms with E-state index in [1.807, 2.05) is 13.8 Å². The fourth-order valence-corrected chi connectivity index (χ4v) is 5.11. The van der Waals surface area contributed by atoms with Gasteiger partial charge in [-0.2, -0.15) is 0 Å². The highest BCUT2D eigenvalue weighted by molar-refractivity contribution is 6.14. The largest absolute Gasteiger partial charge is 0.550 e. The Labute approximate surface area is 162 Å². The van der Waals surface area contributed by atoms with E-state index in [1.54, 1.807) is 29.6 Å². The zero-order valence-corrected chi connectivity index (χ0v) is 15.8. The molecule has 1 aromatic carbocycles. The average molecular weight is 385 g/mol. The molecule has 0 radical (unpaired) electrons. The van der Waals surface area contributed by atoms with E-state index in [-0.39, 0.29) is 36.6 Å². The number of likely N-dealkylation sites (tertiary alicyclic amines) is 1. The molecule has 5 atom stereocenters. The summed E-state index contributed by atoms with van der Waals surface area (Å²) in [5, 5.41) is 15.6. The molecule has 0 aromatic heterocycles. The van der Waals surface area contributed by atoms with E-state index < -0.39 is 29.4 Å². The van der Waals surface area contributed by atoms with E-state index in [0.717, 1.165) is 0 Å². The minimum absolute atomic E-state index is 0.161. The number of carbonyl (C=O) groups excluding carboxylic acids is 4. The quantitative estimate of drug-likeness (QED) is 0.611. The number of rotatable bonds is 5. The first-order valence-corrected chi connectivity index (χ1v) is 9.66. The van der Waals surface area contributed by atoms with Crippen LogP contribution in [-0.2, 0) is 24.7 Å². The topological polar surface area (TPSA) is 123 Å². The summed E-state index contributed by atoms with van der Waals surface area (Å²) < 4.78 is 0. The van der Waals surface area contributed by atoms with Gasteiger partial charge in [-0.3, -0.25) is 19.3 Å². The van der Waals surface area contributed by atoms with E-state index in [1.165, 1.54) is 4.90 Å². The lowest BCUT2D eigenvalue weighted by atomic mass is 9.76. The van der Waals surface area contributed by atoms with Crippen LogP contribution in [0.15, 0.2) is 24.3 Å². The Balaban J connectivity index is 1.83. The predicted molar refractivity (Wildman–Crippen MR) is 95.3 cm³/mol. The Morgan fingerprint density at radius 3 is 2.68 bits per heavy atom. The molecule has 3 heterocycles. The van der Waals surface area contributed by atoms with Crippen molar-refractivity contribution >= 4 is 29.4 Å². The Morgan fingerprint density at radius 1 is 1.29 bits per heavy atom. The van der Waals surface area contributed by atoms with Crippen molar-refractivity contribution in [2.45, 2.75) is 50.7 Å². The number of nitrogens with two attached hydrogens (primary N) is 1. The van der Waals surface area contributed by atoms with Gasteiger partial charge in [0.05, 0.1) is 5.69 Å². The van der Waals surface area contributed by atoms with Gasteiger partial charge in [0.2, 0.25) is 17.4 Å². The minimum Gasteiger partial charge on any atom is -0.550 e. The van der Waals surface area contributed by atoms with E-state index >= 15 is 0 Å². The van der Waals surface area contributed by atoms with Gasteiger partial charge in [-0.15, -0.1) is 0 Å². The number of fused-ring (bicyclic) bond motifs is 4. The third kappa shape index (κ3) is 2.33. The number of nitrogens with one attached hydrogen (secondary N) is 1. The summed E-state index contributed by atoms with van der Waals surface area (Å²) >= 11 is 0. The molecule has 0 aliphatic carbocycles. The van der Waals surface area contributed by atoms with E-state index in [0.29, 0.717) is 17.7 Å². The number of hydrogen-bond donors (Lipinski definition) is 2. The van der Waals surface area contributed by atoms with Crippen LogP contribution in [0.5, 0.6) is 0 Å². The lowest BCUT2D eigenvalue weighted by molar-refractivity contribution is -0.734. The van der Waals surface area contributed by atoms with Crippen LogP contribution in [0.1, 0.15) is 38.7 Å². The van der Waals surface area contributed by atoms with Gasteiger partial charge in [-0.1, -0.05) is 25.1 Å². The molecule has 1 spiro atoms. The standard InChI is InChI=1S/C20H23N3O5/c1-3-10(2)23-17(26)15-13(8-9-14(24)25)22-20(16(15)18(23)27)11-6-4-5-7-12(11)21-19(20)28/h4-7,10,13,15-16,22H,3,8-9H2,1-2H3,(H,21,28)(H,24,25)/t10-,13+,15+,16-,20+/m0/s1. The monoisotopic (exact) mass is 385 g/mol. The Bertz CT molecular complexity index is 884. The van der Waals surface area contributed by atoms with Gasteiger partial charge in [0, 0.05) is 24.0 Å². The van der Waals surface area contributed by atoms with Crippen molar-refractivity contribution in [3.05, 3.63) is 29.8 Å². The first-order chi connectivity index (χ1) is 13.3. The number of amides is 3. The zero-order chi connectivity index (χ0) is 20.2. The normalized spacial score (nSPS) is 31.9. The molecule has 2 saturated heterocycles. The van der Waals surface area contributed by atoms with Crippen molar-refractivity contribution < 1.29 is 29.6 Å². The third-order valence-corrected chi connectivity index (χ3v) is 6.52. The van der Waals surface area contributed by atoms with Crippen molar-refractivity contribution in [2.24, 2.45) is 11.8 Å². The zero-order valence-electron chi connectivity index (χ0n) is 15.8. The van der Waals surface area contributed by atoms with Gasteiger partial charge < -0.3 is 20.5 Å². The SMILES string of the molecule is CC[C@H](C)N1C(=O)[C@H]2[C@@H](C1=O)[C@@]1([NH2+][C@@H]2CCC(=O)[O-])C(=O)Nc2ccccc21. The summed E-state index contributed by atoms with van der Waals surface area (Å²) in [5.74, 6) is -3.76. The van der Waals surface area contributed by atoms with Crippen LogP contribution in [0.25, 0.3) is 0 Å². The fourth-order valence-electron chi connectivity index (χ4n) is 5.11. The summed E-state index contributed by atoms with van der Waals surface area (Å²) in [5.41, 5.74) is 0.0655. The second-order valence-electron chi connectivity index (χ2n) is 7.92. The Kier molecular flexibility index (Phi) is 4.26. The molecule has 148 valence electrons. The molecule has 3 aliphatic heterocycles. The summed E-state index contributed by atoms with van der Waals surface area (Å²) in [6.07, 6.45) is 0.544. The van der Waals surface area contributed by atoms with E-state index in [2.05, 4.69) is 5.32 Å². The van der Waals surface area contributed by atoms with Crippen LogP contribution in [0.2, 0.25) is 0 Å². The van der Waals surface area contributed by atoms with Gasteiger partial charge in [-0.25, -0.2) is 0 Å². The maximum atomic E-state index is 13.4. The van der Waals surface area contributed by atoms with Gasteiger partial charge in [0.1, 0.15) is 17.9 Å². The van der Waals surface area contributed by atoms with Crippen molar-refractivity contribution in [1.82, 2.24) is 4.90 Å². The number of imide groups is 1. The van der Waals surface area contributed by atoms with Crippen molar-refractivity contribution in [2.75, 3.05) is 5.32 Å². The number of anilines is 1. The molecule has 3 amide bonds. The van der Waals surface area contributed by atoms with Crippen molar-refractivity contribution in [3.63, 3.8) is 0 Å². The summed E-state index contributed by atoms with van der Waals surface area (Å²) in [6, 6.07) is 6.41. The Hall–Kier alpha value is -2.74. The molecule has 3 N–H and O–H groups in total. The number of aliphatic carboxylic acids is 1. The van der Waals surface area contributed by atoms with Crippen molar-refractivity contribution in [3.8, 4) is 0 Å². The van der Waals surface area contributed by atoms with Crippen LogP contribution in [-0.4, -0.2) is 40.7 Å². The first kappa shape index (κ1) is 18.6. The van der Waals surface area contributed by atoms with Crippen LogP contribution < -0.4 is 15.7 Å². The molecule has 0 saturated carbocycles. The lowest BCUT2D eigenvalue weighted by Crippen LogP contribution is -2.99. The molecule has 4 rings (SSSR count). The first-order valence-electron chi connectivity index (χ1n) is 9.66. The van der Waals surface area contributed by atoms with Crippen LogP contribution in [0.4, 0.5) is 5.69 Å². The maximum absolute atomic E-state index is 13.4. The number of carboxylic acids is 1. The van der Waals surface area contributed by atoms with Crippen LogP contribution in [0.3, 0.4) is 0 Å². The minimum atomic E-state index is -1.24. The fraction of sp³-hybridized carbons (Fsp3) is 0.500.